The van der Waals surface area contributed by atoms with Gasteiger partial charge in [0, 0.05) is 30.7 Å². The van der Waals surface area contributed by atoms with Gasteiger partial charge in [-0.2, -0.15) is 0 Å². The molecule has 0 spiro atoms. The van der Waals surface area contributed by atoms with E-state index in [0.717, 1.165) is 29.9 Å². The van der Waals surface area contributed by atoms with E-state index in [2.05, 4.69) is 10.8 Å². The van der Waals surface area contributed by atoms with Crippen molar-refractivity contribution >= 4 is 33.4 Å². The van der Waals surface area contributed by atoms with E-state index in [1.165, 1.54) is 25.3 Å². The summed E-state index contributed by atoms with van der Waals surface area (Å²) >= 11 is 1.65. The number of nitrogens with one attached hydrogen (secondary N) is 1. The molecule has 1 aliphatic heterocycles. The number of amides is 1. The summed E-state index contributed by atoms with van der Waals surface area (Å²) in [6.45, 7) is 2.53. The van der Waals surface area contributed by atoms with Crippen LogP contribution in [0.25, 0.3) is 0 Å². The van der Waals surface area contributed by atoms with E-state index in [1.54, 1.807) is 34.9 Å². The van der Waals surface area contributed by atoms with E-state index in [1.807, 2.05) is 0 Å². The normalized spacial score (nSPS) is 17.8. The first-order chi connectivity index (χ1) is 12.0. The van der Waals surface area contributed by atoms with Crippen molar-refractivity contribution in [3.05, 3.63) is 29.8 Å². The molecule has 0 saturated carbocycles. The van der Waals surface area contributed by atoms with Gasteiger partial charge in [-0.1, -0.05) is 11.6 Å². The van der Waals surface area contributed by atoms with Crippen molar-refractivity contribution in [3.63, 3.8) is 0 Å². The Morgan fingerprint density at radius 1 is 1.32 bits per heavy atom. The minimum absolute atomic E-state index is 0.0618. The number of nitrogens with zero attached hydrogens (tertiary/aromatic N) is 1. The summed E-state index contributed by atoms with van der Waals surface area (Å²) in [7, 11) is -3.57. The zero-order valence-corrected chi connectivity index (χ0v) is 16.1. The molecule has 5 nitrogen and oxygen atoms in total. The SMILES string of the molecule is CC(=O)N1CCSc2ccc(S(=O)(=O)NCCC3=CCCCC3)cc21. The second-order valence-electron chi connectivity index (χ2n) is 6.40. The Bertz CT molecular complexity index is 788. The fourth-order valence-corrected chi connectivity index (χ4v) is 5.28. The molecule has 0 unspecified atom stereocenters. The lowest BCUT2D eigenvalue weighted by Gasteiger charge is -2.28. The Kier molecular flexibility index (Phi) is 5.86. The quantitative estimate of drug-likeness (QED) is 0.796. The molecular formula is C18H24N2O3S2. The summed E-state index contributed by atoms with van der Waals surface area (Å²) in [6.07, 6.45) is 7.60. The van der Waals surface area contributed by atoms with Gasteiger partial charge in [-0.15, -0.1) is 11.8 Å². The first kappa shape index (κ1) is 18.5. The predicted octanol–water partition coefficient (Wildman–Crippen LogP) is 3.31. The number of allylic oxidation sites excluding steroid dienone is 1. The first-order valence-corrected chi connectivity index (χ1v) is 11.2. The van der Waals surface area contributed by atoms with Crippen LogP contribution >= 0.6 is 11.8 Å². The third-order valence-corrected chi connectivity index (χ3v) is 7.11. The minimum Gasteiger partial charge on any atom is -0.311 e. The molecule has 1 aromatic carbocycles. The number of sulfonamides is 1. The highest BCUT2D eigenvalue weighted by Gasteiger charge is 2.23. The van der Waals surface area contributed by atoms with Crippen molar-refractivity contribution in [3.8, 4) is 0 Å². The van der Waals surface area contributed by atoms with Gasteiger partial charge >= 0.3 is 0 Å². The summed E-state index contributed by atoms with van der Waals surface area (Å²) < 4.78 is 27.9. The van der Waals surface area contributed by atoms with Crippen LogP contribution in [0.3, 0.4) is 0 Å². The molecule has 3 rings (SSSR count). The van der Waals surface area contributed by atoms with Gasteiger partial charge in [-0.05, 0) is 50.3 Å². The van der Waals surface area contributed by atoms with Crippen LogP contribution in [0.15, 0.2) is 39.6 Å². The molecule has 0 bridgehead atoms. The van der Waals surface area contributed by atoms with Gasteiger partial charge in [0.25, 0.3) is 0 Å². The lowest BCUT2D eigenvalue weighted by atomic mass is 9.97. The van der Waals surface area contributed by atoms with Crippen LogP contribution in [0.2, 0.25) is 0 Å². The number of carbonyl (C=O) groups excluding carboxylic acids is 1. The molecule has 1 heterocycles. The zero-order chi connectivity index (χ0) is 17.9. The standard InChI is InChI=1S/C18H24N2O3S2/c1-14(21)20-11-12-24-18-8-7-16(13-17(18)20)25(22,23)19-10-9-15-5-3-2-4-6-15/h5,7-8,13,19H,2-4,6,9-12H2,1H3. The van der Waals surface area contributed by atoms with E-state index in [4.69, 9.17) is 0 Å². The molecule has 0 atom stereocenters. The highest BCUT2D eigenvalue weighted by molar-refractivity contribution is 7.99. The lowest BCUT2D eigenvalue weighted by Crippen LogP contribution is -2.34. The molecule has 136 valence electrons. The third-order valence-electron chi connectivity index (χ3n) is 4.61. The number of hydrogen-bond acceptors (Lipinski definition) is 4. The van der Waals surface area contributed by atoms with Crippen molar-refractivity contribution in [2.24, 2.45) is 0 Å². The van der Waals surface area contributed by atoms with Crippen LogP contribution in [0.5, 0.6) is 0 Å². The maximum atomic E-state index is 12.6. The Hall–Kier alpha value is -1.31. The van der Waals surface area contributed by atoms with E-state index in [0.29, 0.717) is 18.8 Å². The Morgan fingerprint density at radius 3 is 2.88 bits per heavy atom. The summed E-state index contributed by atoms with van der Waals surface area (Å²) in [4.78, 5) is 14.6. The van der Waals surface area contributed by atoms with Gasteiger partial charge in [0.1, 0.15) is 0 Å². The van der Waals surface area contributed by atoms with Crippen LogP contribution in [-0.4, -0.2) is 33.2 Å². The summed E-state index contributed by atoms with van der Waals surface area (Å²) in [5.41, 5.74) is 2.04. The molecule has 1 aliphatic carbocycles. The van der Waals surface area contributed by atoms with Crippen LogP contribution in [-0.2, 0) is 14.8 Å². The Labute approximate surface area is 153 Å². The number of rotatable bonds is 5. The summed E-state index contributed by atoms with van der Waals surface area (Å²) in [5, 5.41) is 0. The van der Waals surface area contributed by atoms with Crippen LogP contribution in [0, 0.1) is 0 Å². The van der Waals surface area contributed by atoms with Crippen molar-refractivity contribution in [1.29, 1.82) is 0 Å². The summed E-state index contributed by atoms with van der Waals surface area (Å²) in [6, 6.07) is 5.04. The predicted molar refractivity (Wildman–Crippen MR) is 102 cm³/mol. The van der Waals surface area contributed by atoms with Gasteiger partial charge in [0.05, 0.1) is 10.6 Å². The molecule has 25 heavy (non-hydrogen) atoms. The first-order valence-electron chi connectivity index (χ1n) is 8.70. The van der Waals surface area contributed by atoms with Crippen molar-refractivity contribution in [1.82, 2.24) is 4.72 Å². The van der Waals surface area contributed by atoms with Gasteiger partial charge in [-0.3, -0.25) is 4.79 Å². The number of fused-ring (bicyclic) bond motifs is 1. The highest BCUT2D eigenvalue weighted by Crippen LogP contribution is 2.36. The van der Waals surface area contributed by atoms with Crippen LogP contribution in [0.1, 0.15) is 39.0 Å². The highest BCUT2D eigenvalue weighted by atomic mass is 32.2. The van der Waals surface area contributed by atoms with Crippen molar-refractivity contribution in [2.75, 3.05) is 23.7 Å². The number of thioether (sulfide) groups is 1. The van der Waals surface area contributed by atoms with Gasteiger partial charge in [-0.25, -0.2) is 13.1 Å². The molecule has 0 fully saturated rings. The topological polar surface area (TPSA) is 66.5 Å². The van der Waals surface area contributed by atoms with Crippen LogP contribution < -0.4 is 9.62 Å². The largest absolute Gasteiger partial charge is 0.311 e. The maximum Gasteiger partial charge on any atom is 0.240 e. The molecule has 2 aliphatic rings. The average Bonchev–Trinajstić information content (AvgIpc) is 2.61. The smallest absolute Gasteiger partial charge is 0.240 e. The molecule has 1 N–H and O–H groups in total. The number of benzene rings is 1. The van der Waals surface area contributed by atoms with E-state index in [-0.39, 0.29) is 10.8 Å². The number of hydrogen-bond donors (Lipinski definition) is 1. The van der Waals surface area contributed by atoms with E-state index in [9.17, 15) is 13.2 Å². The number of carbonyl (C=O) groups is 1. The van der Waals surface area contributed by atoms with Crippen LogP contribution in [0.4, 0.5) is 5.69 Å². The fourth-order valence-electron chi connectivity index (χ4n) is 3.25. The molecule has 1 aromatic rings. The number of anilines is 1. The monoisotopic (exact) mass is 380 g/mol. The third kappa shape index (κ3) is 4.46. The Balaban J connectivity index is 1.72. The van der Waals surface area contributed by atoms with E-state index >= 15 is 0 Å². The average molecular weight is 381 g/mol. The summed E-state index contributed by atoms with van der Waals surface area (Å²) in [5.74, 6) is 0.764. The Morgan fingerprint density at radius 2 is 2.16 bits per heavy atom. The molecular weight excluding hydrogens is 356 g/mol. The van der Waals surface area contributed by atoms with Gasteiger partial charge < -0.3 is 4.90 Å². The minimum atomic E-state index is -3.57. The molecule has 0 radical (unpaired) electrons. The van der Waals surface area contributed by atoms with Crippen molar-refractivity contribution < 1.29 is 13.2 Å². The molecule has 0 aromatic heterocycles. The lowest BCUT2D eigenvalue weighted by molar-refractivity contribution is -0.116. The van der Waals surface area contributed by atoms with Gasteiger partial charge in [0.2, 0.25) is 15.9 Å². The van der Waals surface area contributed by atoms with E-state index < -0.39 is 10.0 Å². The fraction of sp³-hybridized carbons (Fsp3) is 0.500. The molecule has 0 saturated heterocycles. The maximum absolute atomic E-state index is 12.6. The molecule has 1 amide bonds. The molecule has 7 heteroatoms. The second kappa shape index (κ2) is 7.93. The zero-order valence-electron chi connectivity index (χ0n) is 14.5. The second-order valence-corrected chi connectivity index (χ2v) is 9.31. The van der Waals surface area contributed by atoms with Gasteiger partial charge in [0.15, 0.2) is 0 Å². The van der Waals surface area contributed by atoms with Crippen molar-refractivity contribution in [2.45, 2.75) is 48.8 Å².